The molecule has 1 fully saturated rings. The van der Waals surface area contributed by atoms with Gasteiger partial charge >= 0.3 is 5.97 Å². The molecule has 2 N–H and O–H groups in total. The molecule has 0 bridgehead atoms. The van der Waals surface area contributed by atoms with E-state index in [1.165, 1.54) is 11.8 Å². The quantitative estimate of drug-likeness (QED) is 0.751. The molecule has 0 radical (unpaired) electrons. The molecule has 0 saturated heterocycles. The Balaban J connectivity index is 1.89. The third-order valence-electron chi connectivity index (χ3n) is 3.62. The number of carboxylic acids is 1. The number of halogens is 1. The van der Waals surface area contributed by atoms with Crippen molar-refractivity contribution in [2.45, 2.75) is 42.5 Å². The summed E-state index contributed by atoms with van der Waals surface area (Å²) in [6, 6.07) is 7.77. The van der Waals surface area contributed by atoms with Gasteiger partial charge in [-0.05, 0) is 31.0 Å². The zero-order valence-electron chi connectivity index (χ0n) is 11.6. The Morgan fingerprint density at radius 1 is 1.33 bits per heavy atom. The van der Waals surface area contributed by atoms with E-state index in [9.17, 15) is 9.59 Å². The highest BCUT2D eigenvalue weighted by Gasteiger charge is 2.37. The van der Waals surface area contributed by atoms with E-state index < -0.39 is 11.5 Å². The highest BCUT2D eigenvalue weighted by molar-refractivity contribution is 9.10. The van der Waals surface area contributed by atoms with Crippen LogP contribution in [0.1, 0.15) is 32.1 Å². The molecule has 1 aliphatic carbocycles. The fraction of sp³-hybridized carbons (Fsp3) is 0.467. The second kappa shape index (κ2) is 7.31. The minimum atomic E-state index is -0.850. The van der Waals surface area contributed by atoms with Crippen molar-refractivity contribution in [1.82, 2.24) is 5.32 Å². The molecule has 21 heavy (non-hydrogen) atoms. The summed E-state index contributed by atoms with van der Waals surface area (Å²) >= 11 is 4.85. The van der Waals surface area contributed by atoms with Crippen LogP contribution in [0.5, 0.6) is 0 Å². The summed E-state index contributed by atoms with van der Waals surface area (Å²) in [5.41, 5.74) is -0.541. The van der Waals surface area contributed by atoms with Gasteiger partial charge in [0, 0.05) is 9.37 Å². The van der Waals surface area contributed by atoms with Crippen molar-refractivity contribution in [2.75, 3.05) is 5.75 Å². The average Bonchev–Trinajstić information content (AvgIpc) is 2.83. The SMILES string of the molecule is O=C(O)CC1(NC(=O)CSc2cccc(Br)c2)CCCC1. The lowest BCUT2D eigenvalue weighted by molar-refractivity contribution is -0.139. The number of carbonyl (C=O) groups is 2. The predicted molar refractivity (Wildman–Crippen MR) is 86.5 cm³/mol. The van der Waals surface area contributed by atoms with Crippen molar-refractivity contribution < 1.29 is 14.7 Å². The lowest BCUT2D eigenvalue weighted by atomic mass is 9.93. The zero-order valence-corrected chi connectivity index (χ0v) is 14.0. The first-order chi connectivity index (χ1) is 9.99. The van der Waals surface area contributed by atoms with Crippen LogP contribution in [0.4, 0.5) is 0 Å². The molecule has 114 valence electrons. The third kappa shape index (κ3) is 5.04. The number of carboxylic acid groups (broad SMARTS) is 1. The molecular weight excluding hydrogens is 354 g/mol. The second-order valence-electron chi connectivity index (χ2n) is 5.35. The fourth-order valence-electron chi connectivity index (χ4n) is 2.72. The maximum atomic E-state index is 12.1. The highest BCUT2D eigenvalue weighted by atomic mass is 79.9. The number of nitrogens with one attached hydrogen (secondary N) is 1. The topological polar surface area (TPSA) is 66.4 Å². The highest BCUT2D eigenvalue weighted by Crippen LogP contribution is 2.33. The summed E-state index contributed by atoms with van der Waals surface area (Å²) in [5, 5.41) is 12.0. The minimum absolute atomic E-state index is 0.0142. The molecule has 0 heterocycles. The minimum Gasteiger partial charge on any atom is -0.481 e. The number of thioether (sulfide) groups is 1. The van der Waals surface area contributed by atoms with Crippen molar-refractivity contribution in [3.8, 4) is 0 Å². The first kappa shape index (κ1) is 16.4. The molecule has 0 aromatic heterocycles. The van der Waals surface area contributed by atoms with Crippen molar-refractivity contribution in [3.63, 3.8) is 0 Å². The van der Waals surface area contributed by atoms with Gasteiger partial charge in [0.15, 0.2) is 0 Å². The van der Waals surface area contributed by atoms with Gasteiger partial charge in [-0.1, -0.05) is 34.8 Å². The molecular formula is C15H18BrNO3S. The van der Waals surface area contributed by atoms with Crippen LogP contribution in [0.15, 0.2) is 33.6 Å². The van der Waals surface area contributed by atoms with E-state index in [-0.39, 0.29) is 12.3 Å². The van der Waals surface area contributed by atoms with Gasteiger partial charge in [0.2, 0.25) is 5.91 Å². The van der Waals surface area contributed by atoms with Crippen molar-refractivity contribution >= 4 is 39.6 Å². The van der Waals surface area contributed by atoms with E-state index >= 15 is 0 Å². The molecule has 0 aliphatic heterocycles. The number of rotatable bonds is 6. The van der Waals surface area contributed by atoms with Gasteiger partial charge in [-0.2, -0.15) is 0 Å². The van der Waals surface area contributed by atoms with Crippen LogP contribution in [0.25, 0.3) is 0 Å². The molecule has 1 aliphatic rings. The molecule has 2 rings (SSSR count). The normalized spacial score (nSPS) is 16.6. The van der Waals surface area contributed by atoms with Crippen LogP contribution >= 0.6 is 27.7 Å². The fourth-order valence-corrected chi connectivity index (χ4v) is 4.03. The second-order valence-corrected chi connectivity index (χ2v) is 7.32. The van der Waals surface area contributed by atoms with Crippen molar-refractivity contribution in [1.29, 1.82) is 0 Å². The van der Waals surface area contributed by atoms with E-state index in [2.05, 4.69) is 21.2 Å². The molecule has 0 unspecified atom stereocenters. The zero-order chi connectivity index (χ0) is 15.3. The van der Waals surface area contributed by atoms with E-state index in [1.54, 1.807) is 0 Å². The van der Waals surface area contributed by atoms with E-state index in [0.29, 0.717) is 5.75 Å². The number of hydrogen-bond acceptors (Lipinski definition) is 3. The average molecular weight is 372 g/mol. The number of benzene rings is 1. The summed E-state index contributed by atoms with van der Waals surface area (Å²) < 4.78 is 0.978. The van der Waals surface area contributed by atoms with Crippen LogP contribution in [0, 0.1) is 0 Å². The van der Waals surface area contributed by atoms with Crippen molar-refractivity contribution in [3.05, 3.63) is 28.7 Å². The Kier molecular flexibility index (Phi) is 5.70. The summed E-state index contributed by atoms with van der Waals surface area (Å²) in [7, 11) is 0. The lowest BCUT2D eigenvalue weighted by Gasteiger charge is -2.28. The molecule has 1 amide bonds. The number of amides is 1. The summed E-state index contributed by atoms with van der Waals surface area (Å²) in [5.74, 6) is -0.641. The summed E-state index contributed by atoms with van der Waals surface area (Å²) in [6.07, 6.45) is 3.48. The summed E-state index contributed by atoms with van der Waals surface area (Å²) in [6.45, 7) is 0. The predicted octanol–water partition coefficient (Wildman–Crippen LogP) is 3.44. The van der Waals surface area contributed by atoms with Crippen molar-refractivity contribution in [2.24, 2.45) is 0 Å². The summed E-state index contributed by atoms with van der Waals surface area (Å²) in [4.78, 5) is 24.1. The van der Waals surface area contributed by atoms with Crippen LogP contribution in [0.2, 0.25) is 0 Å². The van der Waals surface area contributed by atoms with E-state index in [4.69, 9.17) is 5.11 Å². The Hall–Kier alpha value is -1.01. The standard InChI is InChI=1S/C15H18BrNO3S/c16-11-4-3-5-12(8-11)21-10-13(18)17-15(9-14(19)20)6-1-2-7-15/h3-5,8H,1-2,6-7,9-10H2,(H,17,18)(H,19,20). The Labute approximate surface area is 136 Å². The van der Waals surface area contributed by atoms with Gasteiger partial charge < -0.3 is 10.4 Å². The molecule has 0 atom stereocenters. The molecule has 0 spiro atoms. The van der Waals surface area contributed by atoms with Gasteiger partial charge in [0.05, 0.1) is 17.7 Å². The first-order valence-corrected chi connectivity index (χ1v) is 8.68. The largest absolute Gasteiger partial charge is 0.481 e. The molecule has 1 saturated carbocycles. The van der Waals surface area contributed by atoms with Crippen LogP contribution in [-0.2, 0) is 9.59 Å². The van der Waals surface area contributed by atoms with Crippen LogP contribution < -0.4 is 5.32 Å². The Morgan fingerprint density at radius 2 is 2.05 bits per heavy atom. The lowest BCUT2D eigenvalue weighted by Crippen LogP contribution is -2.48. The smallest absolute Gasteiger partial charge is 0.305 e. The van der Waals surface area contributed by atoms with Gasteiger partial charge in [0.1, 0.15) is 0 Å². The van der Waals surface area contributed by atoms with Gasteiger partial charge in [-0.25, -0.2) is 0 Å². The van der Waals surface area contributed by atoms with E-state index in [1.807, 2.05) is 24.3 Å². The van der Waals surface area contributed by atoms with Crippen LogP contribution in [0.3, 0.4) is 0 Å². The maximum absolute atomic E-state index is 12.1. The number of hydrogen-bond donors (Lipinski definition) is 2. The first-order valence-electron chi connectivity index (χ1n) is 6.90. The van der Waals surface area contributed by atoms with Gasteiger partial charge in [0.25, 0.3) is 0 Å². The Bertz CT molecular complexity index is 529. The Morgan fingerprint density at radius 3 is 2.67 bits per heavy atom. The van der Waals surface area contributed by atoms with Crippen LogP contribution in [-0.4, -0.2) is 28.3 Å². The third-order valence-corrected chi connectivity index (χ3v) is 5.11. The number of aliphatic carboxylic acids is 1. The van der Waals surface area contributed by atoms with Gasteiger partial charge in [-0.15, -0.1) is 11.8 Å². The maximum Gasteiger partial charge on any atom is 0.305 e. The van der Waals surface area contributed by atoms with Gasteiger partial charge in [-0.3, -0.25) is 9.59 Å². The van der Waals surface area contributed by atoms with E-state index in [0.717, 1.165) is 35.1 Å². The molecule has 1 aromatic carbocycles. The molecule has 1 aromatic rings. The monoisotopic (exact) mass is 371 g/mol. The molecule has 4 nitrogen and oxygen atoms in total. The molecule has 6 heteroatoms. The number of carbonyl (C=O) groups excluding carboxylic acids is 1.